The van der Waals surface area contributed by atoms with E-state index in [0.29, 0.717) is 17.0 Å². The molecule has 6 nitrogen and oxygen atoms in total. The predicted octanol–water partition coefficient (Wildman–Crippen LogP) is 5.62. The topological polar surface area (TPSA) is 65.4 Å². The van der Waals surface area contributed by atoms with Gasteiger partial charge in [-0.1, -0.05) is 24.3 Å². The van der Waals surface area contributed by atoms with Gasteiger partial charge in [0.25, 0.3) is 0 Å². The Morgan fingerprint density at radius 1 is 1.03 bits per heavy atom. The second kappa shape index (κ2) is 9.97. The Labute approximate surface area is 209 Å². The first-order valence-electron chi connectivity index (χ1n) is 11.6. The lowest BCUT2D eigenvalue weighted by atomic mass is 9.87. The van der Waals surface area contributed by atoms with Crippen molar-refractivity contribution >= 4 is 5.97 Å². The Bertz CT molecular complexity index is 1230. The van der Waals surface area contributed by atoms with Gasteiger partial charge in [0.05, 0.1) is 29.1 Å². The van der Waals surface area contributed by atoms with Crippen molar-refractivity contribution in [3.8, 4) is 17.0 Å². The van der Waals surface area contributed by atoms with Gasteiger partial charge in [0.2, 0.25) is 0 Å². The van der Waals surface area contributed by atoms with Gasteiger partial charge in [0.1, 0.15) is 5.75 Å². The molecule has 2 aromatic carbocycles. The van der Waals surface area contributed by atoms with Crippen LogP contribution in [-0.2, 0) is 28.3 Å². The molecule has 0 aliphatic carbocycles. The highest BCUT2D eigenvalue weighted by atomic mass is 19.4. The van der Waals surface area contributed by atoms with Gasteiger partial charge in [-0.15, -0.1) is 0 Å². The molecule has 0 aliphatic heterocycles. The molecular weight excluding hydrogens is 471 g/mol. The average molecular weight is 504 g/mol. The fourth-order valence-electron chi connectivity index (χ4n) is 4.02. The lowest BCUT2D eigenvalue weighted by Gasteiger charge is -2.31. The Kier molecular flexibility index (Phi) is 7.55. The van der Waals surface area contributed by atoms with Gasteiger partial charge in [-0.3, -0.25) is 4.68 Å². The minimum Gasteiger partial charge on any atom is -0.476 e. The summed E-state index contributed by atoms with van der Waals surface area (Å²) in [6.07, 6.45) is -4.39. The zero-order valence-corrected chi connectivity index (χ0v) is 21.6. The van der Waals surface area contributed by atoms with Crippen LogP contribution in [0.2, 0.25) is 0 Å². The maximum absolute atomic E-state index is 12.9. The van der Waals surface area contributed by atoms with E-state index in [9.17, 15) is 18.0 Å². The summed E-state index contributed by atoms with van der Waals surface area (Å²) in [5, 5.41) is 7.91. The highest BCUT2D eigenvalue weighted by Gasteiger charge is 2.34. The molecule has 1 heterocycles. The minimum absolute atomic E-state index is 0.267. The van der Waals surface area contributed by atoms with Gasteiger partial charge >= 0.3 is 12.1 Å². The van der Waals surface area contributed by atoms with E-state index in [1.807, 2.05) is 45.2 Å². The summed E-state index contributed by atoms with van der Waals surface area (Å²) >= 11 is 0. The third kappa shape index (κ3) is 5.41. The van der Waals surface area contributed by atoms with Crippen LogP contribution in [0.1, 0.15) is 50.1 Å². The summed E-state index contributed by atoms with van der Waals surface area (Å²) in [6.45, 7) is 9.23. The van der Waals surface area contributed by atoms with E-state index in [2.05, 4.69) is 10.4 Å². The highest BCUT2D eigenvalue weighted by molar-refractivity contribution is 5.79. The van der Waals surface area contributed by atoms with Crippen LogP contribution >= 0.6 is 0 Å². The molecule has 36 heavy (non-hydrogen) atoms. The summed E-state index contributed by atoms with van der Waals surface area (Å²) in [7, 11) is 3.62. The molecule has 0 bridgehead atoms. The first kappa shape index (κ1) is 27.3. The summed E-state index contributed by atoms with van der Waals surface area (Å²) in [4.78, 5) is 12.2. The number of carbonyl (C=O) groups excluding carboxylic acids is 1. The second-order valence-corrected chi connectivity index (χ2v) is 9.30. The normalized spacial score (nSPS) is 13.8. The van der Waals surface area contributed by atoms with Crippen LogP contribution in [0.5, 0.6) is 5.75 Å². The van der Waals surface area contributed by atoms with Gasteiger partial charge in [0.15, 0.2) is 5.60 Å². The number of esters is 1. The quantitative estimate of drug-likeness (QED) is 0.405. The number of hydrogen-bond donors (Lipinski definition) is 1. The smallest absolute Gasteiger partial charge is 0.416 e. The van der Waals surface area contributed by atoms with E-state index in [1.54, 1.807) is 32.5 Å². The SMILES string of the molecule is CCOC(=O)C(C)(C)Oc1ccc(C(C)(NC)c2cc(-c3ccc(C(F)(F)F)cc3)nn2C)cc1C. The Hall–Kier alpha value is -3.33. The van der Waals surface area contributed by atoms with Gasteiger partial charge in [0, 0.05) is 12.6 Å². The number of alkyl halides is 3. The van der Waals surface area contributed by atoms with Crippen molar-refractivity contribution in [3.05, 3.63) is 70.9 Å². The Morgan fingerprint density at radius 2 is 1.64 bits per heavy atom. The fraction of sp³-hybridized carbons (Fsp3) is 0.407. The first-order valence-corrected chi connectivity index (χ1v) is 11.6. The molecule has 0 amide bonds. The first-order chi connectivity index (χ1) is 16.7. The van der Waals surface area contributed by atoms with E-state index in [0.717, 1.165) is 29.0 Å². The van der Waals surface area contributed by atoms with Crippen LogP contribution in [0.4, 0.5) is 13.2 Å². The monoisotopic (exact) mass is 503 g/mol. The third-order valence-electron chi connectivity index (χ3n) is 6.28. The Balaban J connectivity index is 1.94. The maximum atomic E-state index is 12.9. The molecule has 0 saturated heterocycles. The predicted molar refractivity (Wildman–Crippen MR) is 132 cm³/mol. The molecule has 1 aromatic heterocycles. The van der Waals surface area contributed by atoms with E-state index in [1.165, 1.54) is 12.1 Å². The number of aryl methyl sites for hydroxylation is 2. The zero-order chi connectivity index (χ0) is 26.9. The number of rotatable bonds is 8. The number of hydrogen-bond acceptors (Lipinski definition) is 5. The van der Waals surface area contributed by atoms with E-state index in [4.69, 9.17) is 9.47 Å². The molecule has 3 aromatic rings. The lowest BCUT2D eigenvalue weighted by Crippen LogP contribution is -2.40. The summed E-state index contributed by atoms with van der Waals surface area (Å²) in [5.74, 6) is 0.116. The van der Waals surface area contributed by atoms with E-state index in [-0.39, 0.29) is 6.61 Å². The highest BCUT2D eigenvalue weighted by Crippen LogP contribution is 2.35. The van der Waals surface area contributed by atoms with Crippen molar-refractivity contribution in [2.24, 2.45) is 7.05 Å². The number of halogens is 3. The molecule has 1 atom stereocenters. The molecule has 0 aliphatic rings. The molecule has 1 unspecified atom stereocenters. The van der Waals surface area contributed by atoms with Crippen molar-refractivity contribution < 1.29 is 27.4 Å². The van der Waals surface area contributed by atoms with Crippen LogP contribution < -0.4 is 10.1 Å². The van der Waals surface area contributed by atoms with E-state index >= 15 is 0 Å². The van der Waals surface area contributed by atoms with Crippen LogP contribution in [0.15, 0.2) is 48.5 Å². The number of nitrogens with zero attached hydrogens (tertiary/aromatic N) is 2. The summed E-state index contributed by atoms with van der Waals surface area (Å²) in [5.41, 5.74) is 1.20. The number of carbonyl (C=O) groups is 1. The summed E-state index contributed by atoms with van der Waals surface area (Å²) in [6, 6.07) is 12.5. The average Bonchev–Trinajstić information content (AvgIpc) is 3.21. The van der Waals surface area contributed by atoms with Gasteiger partial charge in [-0.25, -0.2) is 4.79 Å². The zero-order valence-electron chi connectivity index (χ0n) is 21.6. The van der Waals surface area contributed by atoms with Gasteiger partial charge in [-0.05, 0) is 77.1 Å². The van der Waals surface area contributed by atoms with Crippen LogP contribution in [0.3, 0.4) is 0 Å². The Morgan fingerprint density at radius 3 is 2.17 bits per heavy atom. The number of aromatic nitrogens is 2. The van der Waals surface area contributed by atoms with Crippen molar-refractivity contribution in [2.75, 3.05) is 13.7 Å². The molecular formula is C27H32F3N3O3. The van der Waals surface area contributed by atoms with Crippen LogP contribution in [0, 0.1) is 6.92 Å². The second-order valence-electron chi connectivity index (χ2n) is 9.30. The van der Waals surface area contributed by atoms with Crippen molar-refractivity contribution in [1.82, 2.24) is 15.1 Å². The minimum atomic E-state index is -4.39. The van der Waals surface area contributed by atoms with Crippen LogP contribution in [-0.4, -0.2) is 35.0 Å². The van der Waals surface area contributed by atoms with Crippen molar-refractivity contribution in [2.45, 2.75) is 51.9 Å². The molecule has 9 heteroatoms. The standard InChI is InChI=1S/C27H32F3N3O3/c1-8-35-24(34)25(3,4)36-22-14-13-20(15-17(22)2)26(5,31-6)23-16-21(32-33(23)7)18-9-11-19(12-10-18)27(28,29)30/h9-16,31H,8H2,1-7H3. The van der Waals surface area contributed by atoms with Gasteiger partial charge in [-0.2, -0.15) is 18.3 Å². The molecule has 0 fully saturated rings. The molecule has 3 rings (SSSR count). The van der Waals surface area contributed by atoms with Gasteiger partial charge < -0.3 is 14.8 Å². The molecule has 1 N–H and O–H groups in total. The molecule has 194 valence electrons. The largest absolute Gasteiger partial charge is 0.476 e. The van der Waals surface area contributed by atoms with Crippen molar-refractivity contribution in [1.29, 1.82) is 0 Å². The van der Waals surface area contributed by atoms with E-state index < -0.39 is 28.8 Å². The molecule has 0 spiro atoms. The lowest BCUT2D eigenvalue weighted by molar-refractivity contribution is -0.158. The number of nitrogens with one attached hydrogen (secondary N) is 1. The maximum Gasteiger partial charge on any atom is 0.416 e. The third-order valence-corrected chi connectivity index (χ3v) is 6.28. The van der Waals surface area contributed by atoms with Crippen LogP contribution in [0.25, 0.3) is 11.3 Å². The van der Waals surface area contributed by atoms with Crippen molar-refractivity contribution in [3.63, 3.8) is 0 Å². The molecule has 0 radical (unpaired) electrons. The fourth-order valence-corrected chi connectivity index (χ4v) is 4.02. The molecule has 0 saturated carbocycles. The summed E-state index contributed by atoms with van der Waals surface area (Å²) < 4.78 is 51.6. The number of ether oxygens (including phenoxy) is 2. The number of benzene rings is 2.